The Hall–Kier alpha value is -3.64. The van der Waals surface area contributed by atoms with Gasteiger partial charge in [0.05, 0.1) is 0 Å². The van der Waals surface area contributed by atoms with Crippen molar-refractivity contribution in [1.82, 2.24) is 5.32 Å². The maximum Gasteiger partial charge on any atom is 0.251 e. The number of ether oxygens (including phenoxy) is 1. The molecule has 1 aliphatic rings. The van der Waals surface area contributed by atoms with Gasteiger partial charge in [-0.3, -0.25) is 4.79 Å². The number of carbonyl (C=O) groups is 1. The van der Waals surface area contributed by atoms with Gasteiger partial charge < -0.3 is 20.6 Å². The van der Waals surface area contributed by atoms with Crippen molar-refractivity contribution in [3.05, 3.63) is 105 Å². The highest BCUT2D eigenvalue weighted by Gasteiger charge is 2.26. The van der Waals surface area contributed by atoms with Crippen LogP contribution in [-0.4, -0.2) is 26.0 Å². The van der Waals surface area contributed by atoms with Crippen molar-refractivity contribution in [2.75, 3.05) is 14.2 Å². The maximum atomic E-state index is 12.9. The van der Waals surface area contributed by atoms with Crippen LogP contribution in [-0.2, 0) is 22.5 Å². The van der Waals surface area contributed by atoms with E-state index in [-0.39, 0.29) is 12.0 Å². The van der Waals surface area contributed by atoms with Crippen LogP contribution in [0.1, 0.15) is 75.2 Å². The molecular formula is C28H31N3O3. The number of amides is 1. The highest BCUT2D eigenvalue weighted by atomic mass is 16.6. The van der Waals surface area contributed by atoms with E-state index in [1.165, 1.54) is 23.8 Å². The van der Waals surface area contributed by atoms with Crippen molar-refractivity contribution in [3.8, 4) is 0 Å². The summed E-state index contributed by atoms with van der Waals surface area (Å²) < 4.78 is 5.87. The molecule has 0 bridgehead atoms. The average molecular weight is 458 g/mol. The zero-order valence-corrected chi connectivity index (χ0v) is 20.1. The molecule has 3 aromatic carbocycles. The van der Waals surface area contributed by atoms with Crippen molar-refractivity contribution in [2.45, 2.75) is 38.8 Å². The van der Waals surface area contributed by atoms with Crippen LogP contribution >= 0.6 is 0 Å². The van der Waals surface area contributed by atoms with Crippen LogP contribution < -0.4 is 11.1 Å². The quantitative estimate of drug-likeness (QED) is 0.307. The minimum absolute atomic E-state index is 0.108. The lowest BCUT2D eigenvalue weighted by Gasteiger charge is -2.28. The summed E-state index contributed by atoms with van der Waals surface area (Å²) in [4.78, 5) is 17.6. The normalized spacial score (nSPS) is 15.0. The van der Waals surface area contributed by atoms with Crippen molar-refractivity contribution >= 4 is 11.7 Å². The molecule has 0 radical (unpaired) electrons. The molecule has 6 nitrogen and oxygen atoms in total. The summed E-state index contributed by atoms with van der Waals surface area (Å²) in [5.41, 5.74) is 14.2. The molecule has 1 aliphatic carbocycles. The smallest absolute Gasteiger partial charge is 0.251 e. The molecule has 1 atom stereocenters. The summed E-state index contributed by atoms with van der Waals surface area (Å²) in [6.45, 7) is 4.81. The Bertz CT molecular complexity index is 1220. The second-order valence-electron chi connectivity index (χ2n) is 8.86. The number of benzene rings is 3. The lowest BCUT2D eigenvalue weighted by molar-refractivity contribution is 0.0950. The Morgan fingerprint density at radius 2 is 1.65 bits per heavy atom. The molecule has 0 heterocycles. The van der Waals surface area contributed by atoms with Gasteiger partial charge >= 0.3 is 0 Å². The standard InChI is InChI=1S/C28H31N3O3/c1-17(2)20-9-11-24-22(13-20)15-23-14-21(10-12-25(23)26(24)33-3)28(32)30-16-18-5-7-19(8-6-18)27(29)31-34-4/h5-14,17,26H,15-16H2,1-4H3,(H2,29,31)(H,30,32)/t26-/m0/s1. The molecule has 0 unspecified atom stereocenters. The fourth-order valence-electron chi connectivity index (χ4n) is 4.40. The van der Waals surface area contributed by atoms with E-state index in [1.54, 1.807) is 7.11 Å². The van der Waals surface area contributed by atoms with Gasteiger partial charge in [0.2, 0.25) is 0 Å². The van der Waals surface area contributed by atoms with Crippen molar-refractivity contribution in [2.24, 2.45) is 10.9 Å². The number of nitrogens with zero attached hydrogens (tertiary/aromatic N) is 1. The molecule has 3 aromatic rings. The number of carbonyl (C=O) groups excluding carboxylic acids is 1. The van der Waals surface area contributed by atoms with E-state index in [1.807, 2.05) is 42.5 Å². The van der Waals surface area contributed by atoms with Crippen LogP contribution in [0.15, 0.2) is 65.8 Å². The molecule has 0 saturated heterocycles. The van der Waals surface area contributed by atoms with E-state index in [4.69, 9.17) is 15.3 Å². The molecule has 34 heavy (non-hydrogen) atoms. The number of oxime groups is 1. The van der Waals surface area contributed by atoms with Crippen LogP contribution in [0.5, 0.6) is 0 Å². The fraction of sp³-hybridized carbons (Fsp3) is 0.286. The first-order valence-electron chi connectivity index (χ1n) is 11.4. The SMILES string of the molecule is CON=C(N)c1ccc(CNC(=O)c2ccc3c(c2)Cc2cc(C(C)C)ccc2[C@@H]3OC)cc1. The van der Waals surface area contributed by atoms with Crippen LogP contribution in [0, 0.1) is 0 Å². The summed E-state index contributed by atoms with van der Waals surface area (Å²) in [7, 11) is 3.19. The predicted molar refractivity (Wildman–Crippen MR) is 134 cm³/mol. The molecule has 0 spiro atoms. The molecule has 4 rings (SSSR count). The molecular weight excluding hydrogens is 426 g/mol. The number of nitrogens with one attached hydrogen (secondary N) is 1. The zero-order chi connectivity index (χ0) is 24.2. The summed E-state index contributed by atoms with van der Waals surface area (Å²) in [5, 5.41) is 6.74. The maximum absolute atomic E-state index is 12.9. The van der Waals surface area contributed by atoms with Gasteiger partial charge in [-0.25, -0.2) is 0 Å². The number of hydrogen-bond donors (Lipinski definition) is 2. The van der Waals surface area contributed by atoms with Crippen molar-refractivity contribution < 1.29 is 14.4 Å². The molecule has 176 valence electrons. The zero-order valence-electron chi connectivity index (χ0n) is 20.1. The van der Waals surface area contributed by atoms with E-state index in [0.29, 0.717) is 23.9 Å². The highest BCUT2D eigenvalue weighted by Crippen LogP contribution is 2.38. The molecule has 0 aliphatic heterocycles. The Balaban J connectivity index is 1.49. The average Bonchev–Trinajstić information content (AvgIpc) is 2.85. The number of rotatable bonds is 7. The first-order valence-corrected chi connectivity index (χ1v) is 11.4. The summed E-state index contributed by atoms with van der Waals surface area (Å²) in [6, 6.07) is 20.1. The second kappa shape index (κ2) is 10.1. The van der Waals surface area contributed by atoms with E-state index < -0.39 is 0 Å². The van der Waals surface area contributed by atoms with E-state index in [9.17, 15) is 4.79 Å². The van der Waals surface area contributed by atoms with Gasteiger partial charge in [-0.2, -0.15) is 0 Å². The molecule has 0 fully saturated rings. The lowest BCUT2D eigenvalue weighted by Crippen LogP contribution is -2.24. The third-order valence-corrected chi connectivity index (χ3v) is 6.31. The van der Waals surface area contributed by atoms with Gasteiger partial charge in [0.1, 0.15) is 13.2 Å². The second-order valence-corrected chi connectivity index (χ2v) is 8.86. The topological polar surface area (TPSA) is 85.9 Å². The molecule has 0 saturated carbocycles. The first-order chi connectivity index (χ1) is 16.4. The summed E-state index contributed by atoms with van der Waals surface area (Å²) >= 11 is 0. The fourth-order valence-corrected chi connectivity index (χ4v) is 4.40. The Kier molecular flexibility index (Phi) is 6.98. The van der Waals surface area contributed by atoms with E-state index >= 15 is 0 Å². The van der Waals surface area contributed by atoms with Crippen molar-refractivity contribution in [3.63, 3.8) is 0 Å². The van der Waals surface area contributed by atoms with Gasteiger partial charge in [0.25, 0.3) is 5.91 Å². The molecule has 6 heteroatoms. The van der Waals surface area contributed by atoms with E-state index in [2.05, 4.69) is 42.5 Å². The Labute approximate surface area is 200 Å². The largest absolute Gasteiger partial charge is 0.397 e. The lowest BCUT2D eigenvalue weighted by atomic mass is 9.81. The third kappa shape index (κ3) is 4.82. The van der Waals surface area contributed by atoms with Crippen molar-refractivity contribution in [1.29, 1.82) is 0 Å². The van der Waals surface area contributed by atoms with Crippen LogP contribution in [0.4, 0.5) is 0 Å². The summed E-state index contributed by atoms with van der Waals surface area (Å²) in [6.07, 6.45) is 0.669. The number of hydrogen-bond acceptors (Lipinski definition) is 4. The summed E-state index contributed by atoms with van der Waals surface area (Å²) in [5.74, 6) is 0.661. The molecule has 0 aromatic heterocycles. The van der Waals surface area contributed by atoms with Gasteiger partial charge in [-0.1, -0.05) is 67.5 Å². The van der Waals surface area contributed by atoms with E-state index in [0.717, 1.165) is 28.7 Å². The monoisotopic (exact) mass is 457 g/mol. The van der Waals surface area contributed by atoms with Gasteiger partial charge in [0.15, 0.2) is 5.84 Å². The Morgan fingerprint density at radius 3 is 2.29 bits per heavy atom. The van der Waals surface area contributed by atoms with Gasteiger partial charge in [-0.15, -0.1) is 0 Å². The predicted octanol–water partition coefficient (Wildman–Crippen LogP) is 4.65. The number of fused-ring (bicyclic) bond motifs is 2. The molecule has 1 amide bonds. The number of nitrogens with two attached hydrogens (primary N) is 1. The van der Waals surface area contributed by atoms with Crippen LogP contribution in [0.3, 0.4) is 0 Å². The van der Waals surface area contributed by atoms with Crippen LogP contribution in [0.25, 0.3) is 0 Å². The highest BCUT2D eigenvalue weighted by molar-refractivity contribution is 5.97. The van der Waals surface area contributed by atoms with Crippen LogP contribution in [0.2, 0.25) is 0 Å². The first kappa shape index (κ1) is 23.5. The Morgan fingerprint density at radius 1 is 1.00 bits per heavy atom. The van der Waals surface area contributed by atoms with Gasteiger partial charge in [-0.05, 0) is 57.9 Å². The molecule has 3 N–H and O–H groups in total. The number of methoxy groups -OCH3 is 1. The third-order valence-electron chi connectivity index (χ3n) is 6.31. The minimum Gasteiger partial charge on any atom is -0.397 e. The van der Waals surface area contributed by atoms with Gasteiger partial charge in [0, 0.05) is 24.8 Å². The minimum atomic E-state index is -0.121. The number of amidine groups is 1.